The third kappa shape index (κ3) is 17.5. The number of aliphatic hydroxyl groups is 2. The number of ether oxygens (including phenoxy) is 3. The molecule has 5 heterocycles. The maximum atomic E-state index is 14.0. The Morgan fingerprint density at radius 1 is 0.829 bits per heavy atom. The van der Waals surface area contributed by atoms with Gasteiger partial charge < -0.3 is 55.9 Å². The van der Waals surface area contributed by atoms with Gasteiger partial charge in [0.1, 0.15) is 29.9 Å². The molecular weight excluding hydrogens is 995 g/mol. The summed E-state index contributed by atoms with van der Waals surface area (Å²) in [6, 6.07) is 16.1. The number of carbonyl (C=O) groups is 5. The van der Waals surface area contributed by atoms with Crippen LogP contribution < -0.4 is 26.6 Å². The zero-order valence-electron chi connectivity index (χ0n) is 44.1. The van der Waals surface area contributed by atoms with Crippen LogP contribution in [0.1, 0.15) is 72.9 Å². The lowest BCUT2D eigenvalue weighted by atomic mass is 9.85. The fourth-order valence-corrected chi connectivity index (χ4v) is 10.1. The highest BCUT2D eigenvalue weighted by atomic mass is 32.1. The number of aliphatic hydroxyl groups excluding tert-OH is 2. The molecule has 4 atom stereocenters. The van der Waals surface area contributed by atoms with Crippen molar-refractivity contribution in [2.24, 2.45) is 5.41 Å². The van der Waals surface area contributed by atoms with E-state index >= 15 is 0 Å². The van der Waals surface area contributed by atoms with E-state index in [1.54, 1.807) is 17.4 Å². The number of nitrogens with zero attached hydrogens (tertiary/aromatic N) is 6. The van der Waals surface area contributed by atoms with E-state index < -0.39 is 35.6 Å². The average Bonchev–Trinajstić information content (AvgIpc) is 4.01. The lowest BCUT2D eigenvalue weighted by molar-refractivity contribution is -0.144. The maximum Gasteiger partial charge on any atom is 0.270 e. The highest BCUT2D eigenvalue weighted by Gasteiger charge is 2.44. The smallest absolute Gasteiger partial charge is 0.270 e. The molecule has 21 nitrogen and oxygen atoms in total. The Kier molecular flexibility index (Phi) is 21.6. The first-order chi connectivity index (χ1) is 36.6. The van der Waals surface area contributed by atoms with Crippen molar-refractivity contribution in [3.05, 3.63) is 94.5 Å². The van der Waals surface area contributed by atoms with Crippen LogP contribution in [-0.2, 0) is 52.9 Å². The van der Waals surface area contributed by atoms with E-state index in [4.69, 9.17) is 14.2 Å². The van der Waals surface area contributed by atoms with Crippen molar-refractivity contribution in [2.75, 3.05) is 97.3 Å². The van der Waals surface area contributed by atoms with Crippen molar-refractivity contribution in [2.45, 2.75) is 96.8 Å². The molecule has 5 amide bonds. The molecule has 2 aromatic carbocycles. The summed E-state index contributed by atoms with van der Waals surface area (Å²) in [5.41, 5.74) is 6.85. The molecule has 2 fully saturated rings. The Hall–Kier alpha value is -5.98. The van der Waals surface area contributed by atoms with Crippen LogP contribution in [0.15, 0.2) is 66.4 Å². The predicted molar refractivity (Wildman–Crippen MR) is 286 cm³/mol. The van der Waals surface area contributed by atoms with E-state index in [2.05, 4.69) is 63.5 Å². The van der Waals surface area contributed by atoms with Gasteiger partial charge in [-0.1, -0.05) is 69.3 Å². The Bertz CT molecular complexity index is 2540. The van der Waals surface area contributed by atoms with Crippen molar-refractivity contribution in [1.29, 1.82) is 0 Å². The maximum absolute atomic E-state index is 14.0. The molecule has 76 heavy (non-hydrogen) atoms. The summed E-state index contributed by atoms with van der Waals surface area (Å²) in [6.45, 7) is 14.1. The third-order valence-electron chi connectivity index (χ3n) is 13.5. The number of thiazole rings is 1. The molecule has 2 aromatic heterocycles. The number of carbonyl (C=O) groups excluding carboxylic acids is 5. The van der Waals surface area contributed by atoms with Crippen molar-refractivity contribution in [3.63, 3.8) is 0 Å². The number of amides is 5. The number of nitrogens with one attached hydrogen (secondary N) is 5. The van der Waals surface area contributed by atoms with E-state index in [0.717, 1.165) is 54.3 Å². The quantitative estimate of drug-likeness (QED) is 0.0401. The fraction of sp³-hybridized carbons (Fsp3) is 0.556. The van der Waals surface area contributed by atoms with Crippen molar-refractivity contribution in [1.82, 2.24) is 50.9 Å². The minimum atomic E-state index is -0.944. The van der Waals surface area contributed by atoms with Crippen molar-refractivity contribution in [3.8, 4) is 10.4 Å². The van der Waals surface area contributed by atoms with Gasteiger partial charge in [0.25, 0.3) is 5.91 Å². The minimum Gasteiger partial charge on any atom is -0.391 e. The summed E-state index contributed by atoms with van der Waals surface area (Å²) in [5, 5.41) is 36.0. The number of aryl methyl sites for hydroxylation is 1. The number of likely N-dealkylation sites (tertiary alicyclic amines) is 2. The normalized spacial score (nSPS) is 17.8. The van der Waals surface area contributed by atoms with E-state index in [1.807, 2.05) is 69.6 Å². The van der Waals surface area contributed by atoms with Crippen LogP contribution in [0.3, 0.4) is 0 Å². The molecule has 0 spiro atoms. The molecule has 4 aromatic rings. The molecule has 2 saturated heterocycles. The number of rotatable bonds is 28. The van der Waals surface area contributed by atoms with Crippen LogP contribution >= 0.6 is 11.3 Å². The number of benzene rings is 2. The topological polar surface area (TPSA) is 262 Å². The van der Waals surface area contributed by atoms with Gasteiger partial charge in [-0.25, -0.2) is 15.0 Å². The van der Waals surface area contributed by atoms with Gasteiger partial charge in [-0.05, 0) is 41.0 Å². The number of hydrogen-bond donors (Lipinski definition) is 7. The van der Waals surface area contributed by atoms with Gasteiger partial charge in [0.2, 0.25) is 23.6 Å². The van der Waals surface area contributed by atoms with Gasteiger partial charge in [-0.2, -0.15) is 0 Å². The summed E-state index contributed by atoms with van der Waals surface area (Å²) in [7, 11) is 0. The van der Waals surface area contributed by atoms with Gasteiger partial charge in [0.05, 0.1) is 74.0 Å². The molecule has 3 aliphatic heterocycles. The van der Waals surface area contributed by atoms with Gasteiger partial charge in [-0.15, -0.1) is 11.3 Å². The second kappa shape index (κ2) is 28.4. The van der Waals surface area contributed by atoms with E-state index in [-0.39, 0.29) is 101 Å². The summed E-state index contributed by atoms with van der Waals surface area (Å²) in [5.74, 6) is -1.13. The Labute approximate surface area is 448 Å². The van der Waals surface area contributed by atoms with E-state index in [1.165, 1.54) is 22.4 Å². The first kappa shape index (κ1) is 57.7. The number of aromatic nitrogens is 3. The highest BCUT2D eigenvalue weighted by Crippen LogP contribution is 2.29. The number of fused-ring (bicyclic) bond motifs is 1. The Balaban J connectivity index is 0.675. The third-order valence-corrected chi connectivity index (χ3v) is 14.5. The molecule has 3 aliphatic rings. The van der Waals surface area contributed by atoms with E-state index in [0.29, 0.717) is 38.7 Å². The zero-order chi connectivity index (χ0) is 54.0. The number of hydrogen-bond acceptors (Lipinski definition) is 17. The fourth-order valence-electron chi connectivity index (χ4n) is 9.31. The highest BCUT2D eigenvalue weighted by molar-refractivity contribution is 7.13. The molecule has 7 rings (SSSR count). The zero-order valence-corrected chi connectivity index (χ0v) is 44.9. The molecule has 0 radical (unpaired) electrons. The van der Waals surface area contributed by atoms with Crippen LogP contribution in [0.2, 0.25) is 0 Å². The van der Waals surface area contributed by atoms with Crippen LogP contribution in [-0.4, -0.2) is 192 Å². The lowest BCUT2D eigenvalue weighted by Crippen LogP contribution is -2.57. The van der Waals surface area contributed by atoms with Crippen LogP contribution in [0.5, 0.6) is 0 Å². The SMILES string of the molecule is Cc1ncsc1-c1ccc(CNC(=O)[C@@H]2C[C@@H](O)CN2C(=O)[C@@H](NC(=O)CCOCCOCCOCCC(=O)NCCN2CC(Nc3cc(C(=O)NC[C@H](O)CN4CCc5ccccc5C4)ncn3)C2)C(C)(C)C)cc1. The minimum absolute atomic E-state index is 0.00675. The second-order valence-corrected chi connectivity index (χ2v) is 21.5. The number of anilines is 1. The summed E-state index contributed by atoms with van der Waals surface area (Å²) in [6.07, 6.45) is 1.02. The molecule has 0 saturated carbocycles. The largest absolute Gasteiger partial charge is 0.391 e. The first-order valence-electron chi connectivity index (χ1n) is 26.2. The van der Waals surface area contributed by atoms with Crippen LogP contribution in [0.4, 0.5) is 5.82 Å². The standard InChI is InChI=1S/C54H75N11O10S/c1-36-49(76-35-60-36)39-11-9-37(10-12-39)27-56-52(71)45-25-42(66)33-65(45)53(72)50(54(2,3)4)62-48(69)15-20-74-22-24-75-23-21-73-19-14-47(68)55-16-18-64-30-41(31-64)61-46-26-44(58-34-59-46)51(70)57-28-43(67)32-63-17-13-38-7-5-6-8-40(38)29-63/h5-12,26,34-35,41-43,45,50,66-67H,13-25,27-33H2,1-4H3,(H,55,68)(H,56,71)(H,57,70)(H,62,69)(H,58,59,61)/t42-,43+,45+,50-/m1/s1. The molecule has 22 heteroatoms. The Morgan fingerprint density at radius 2 is 1.53 bits per heavy atom. The summed E-state index contributed by atoms with van der Waals surface area (Å²) >= 11 is 1.57. The lowest BCUT2D eigenvalue weighted by Gasteiger charge is -2.39. The summed E-state index contributed by atoms with van der Waals surface area (Å²) < 4.78 is 16.7. The first-order valence-corrected chi connectivity index (χ1v) is 27.1. The summed E-state index contributed by atoms with van der Waals surface area (Å²) in [4.78, 5) is 85.2. The van der Waals surface area contributed by atoms with Gasteiger partial charge >= 0.3 is 0 Å². The number of β-amino-alcohol motifs (C(OH)–C–C–N with tert-alkyl or cyclic N) is 2. The van der Waals surface area contributed by atoms with Crippen molar-refractivity contribution < 1.29 is 48.4 Å². The molecule has 0 bridgehead atoms. The van der Waals surface area contributed by atoms with Crippen LogP contribution in [0.25, 0.3) is 10.4 Å². The molecular formula is C54H75N11O10S. The molecule has 7 N–H and O–H groups in total. The monoisotopic (exact) mass is 1070 g/mol. The van der Waals surface area contributed by atoms with Gasteiger partial charge in [-0.3, -0.25) is 33.8 Å². The van der Waals surface area contributed by atoms with Gasteiger partial charge in [0, 0.05) is 90.8 Å². The molecule has 0 unspecified atom stereocenters. The van der Waals surface area contributed by atoms with Crippen LogP contribution in [0, 0.1) is 12.3 Å². The average molecular weight is 1070 g/mol. The molecule has 412 valence electrons. The van der Waals surface area contributed by atoms with Crippen molar-refractivity contribution >= 4 is 46.7 Å². The Morgan fingerprint density at radius 3 is 2.22 bits per heavy atom. The molecule has 0 aliphatic carbocycles. The second-order valence-electron chi connectivity index (χ2n) is 20.6. The van der Waals surface area contributed by atoms with Gasteiger partial charge in [0.15, 0.2) is 0 Å². The van der Waals surface area contributed by atoms with E-state index in [9.17, 15) is 34.2 Å². The predicted octanol–water partition coefficient (Wildman–Crippen LogP) is 1.91.